The molecule has 0 spiro atoms. The van der Waals surface area contributed by atoms with Crippen LogP contribution in [0.5, 0.6) is 0 Å². The minimum Gasteiger partial charge on any atom is -0.473 e. The Morgan fingerprint density at radius 2 is 1.39 bits per heavy atom. The summed E-state index contributed by atoms with van der Waals surface area (Å²) in [4.78, 5) is 15.9. The number of hydrogen-bond acceptors (Lipinski definition) is 4. The van der Waals surface area contributed by atoms with Gasteiger partial charge in [-0.15, -0.1) is 4.99 Å². The fraction of sp³-hybridized carbons (Fsp3) is 0.913. The van der Waals surface area contributed by atoms with Crippen LogP contribution in [0.2, 0.25) is 0 Å². The lowest BCUT2D eigenvalue weighted by Crippen LogP contribution is -2.13. The lowest BCUT2D eigenvalue weighted by atomic mass is 10.0. The van der Waals surface area contributed by atoms with Crippen LogP contribution in [0.3, 0.4) is 0 Å². The molecule has 0 aromatic carbocycles. The molecule has 0 radical (unpaired) electrons. The van der Waals surface area contributed by atoms with Gasteiger partial charge in [0.2, 0.25) is 0 Å². The minimum absolute atomic E-state index is 0.419. The van der Waals surface area contributed by atoms with Crippen molar-refractivity contribution < 1.29 is 14.3 Å². The van der Waals surface area contributed by atoms with Gasteiger partial charge in [0.1, 0.15) is 0 Å². The molecule has 0 aliphatic carbocycles. The standard InChI is InChI=1S/C23H45NO3S/c1-5-8-10-11-12-13-14-15-16-17-19-26-23(28-4)24-22(25)27-20-21(7-3)18-9-6-2/h21H,5-20H2,1-4H3. The van der Waals surface area contributed by atoms with Crippen molar-refractivity contribution >= 4 is 23.1 Å². The highest BCUT2D eigenvalue weighted by Gasteiger charge is 2.11. The highest BCUT2D eigenvalue weighted by molar-refractivity contribution is 8.13. The maximum atomic E-state index is 11.9. The Morgan fingerprint density at radius 3 is 1.93 bits per heavy atom. The summed E-state index contributed by atoms with van der Waals surface area (Å²) in [6.45, 7) is 7.66. The lowest BCUT2D eigenvalue weighted by Gasteiger charge is -2.13. The summed E-state index contributed by atoms with van der Waals surface area (Å²) in [5.41, 5.74) is 0. The van der Waals surface area contributed by atoms with E-state index in [1.165, 1.54) is 82.4 Å². The molecule has 0 rings (SSSR count). The highest BCUT2D eigenvalue weighted by atomic mass is 32.2. The maximum absolute atomic E-state index is 11.9. The number of rotatable bonds is 17. The fourth-order valence-corrected chi connectivity index (χ4v) is 3.45. The molecule has 0 saturated heterocycles. The Kier molecular flexibility index (Phi) is 20.5. The van der Waals surface area contributed by atoms with Crippen LogP contribution in [0.4, 0.5) is 4.79 Å². The molecule has 0 heterocycles. The van der Waals surface area contributed by atoms with E-state index in [0.717, 1.165) is 19.3 Å². The van der Waals surface area contributed by atoms with Crippen molar-refractivity contribution in [2.45, 2.75) is 111 Å². The van der Waals surface area contributed by atoms with E-state index >= 15 is 0 Å². The van der Waals surface area contributed by atoms with Crippen LogP contribution in [-0.2, 0) is 9.47 Å². The zero-order chi connectivity index (χ0) is 20.9. The molecule has 0 aromatic heterocycles. The van der Waals surface area contributed by atoms with Crippen LogP contribution in [0, 0.1) is 5.92 Å². The number of nitrogens with zero attached hydrogens (tertiary/aromatic N) is 1. The SMILES string of the molecule is CCCCCCCCCCCCOC(=NC(=O)OCC(CC)CCCC)SC. The van der Waals surface area contributed by atoms with Gasteiger partial charge in [-0.05, 0) is 25.0 Å². The van der Waals surface area contributed by atoms with Crippen LogP contribution >= 0.6 is 11.8 Å². The van der Waals surface area contributed by atoms with E-state index < -0.39 is 6.09 Å². The van der Waals surface area contributed by atoms with Crippen LogP contribution in [-0.4, -0.2) is 30.8 Å². The fourth-order valence-electron chi connectivity index (χ4n) is 3.08. The van der Waals surface area contributed by atoms with Crippen LogP contribution < -0.4 is 0 Å². The normalized spacial score (nSPS) is 12.8. The average molecular weight is 416 g/mol. The summed E-state index contributed by atoms with van der Waals surface area (Å²) in [6, 6.07) is 0. The molecule has 0 aliphatic heterocycles. The molecule has 0 aromatic rings. The summed E-state index contributed by atoms with van der Waals surface area (Å²) in [5, 5.41) is 0.419. The second-order valence-electron chi connectivity index (χ2n) is 7.61. The number of carbonyl (C=O) groups excluding carboxylic acids is 1. The third-order valence-electron chi connectivity index (χ3n) is 5.07. The first-order valence-electron chi connectivity index (χ1n) is 11.6. The Hall–Kier alpha value is -0.710. The van der Waals surface area contributed by atoms with Crippen molar-refractivity contribution in [3.63, 3.8) is 0 Å². The molecule has 0 aliphatic rings. The molecule has 0 N–H and O–H groups in total. The molecular formula is C23H45NO3S. The molecule has 1 atom stereocenters. The summed E-state index contributed by atoms with van der Waals surface area (Å²) < 4.78 is 11.0. The molecule has 166 valence electrons. The first kappa shape index (κ1) is 27.3. The molecule has 1 amide bonds. The maximum Gasteiger partial charge on any atom is 0.437 e. The number of unbranched alkanes of at least 4 members (excludes halogenated alkanes) is 10. The van der Waals surface area contributed by atoms with E-state index in [1.807, 2.05) is 6.26 Å². The van der Waals surface area contributed by atoms with Crippen molar-refractivity contribution in [1.82, 2.24) is 0 Å². The molecule has 4 nitrogen and oxygen atoms in total. The van der Waals surface area contributed by atoms with Crippen LogP contribution in [0.1, 0.15) is 111 Å². The minimum atomic E-state index is -0.526. The van der Waals surface area contributed by atoms with Gasteiger partial charge >= 0.3 is 6.09 Å². The van der Waals surface area contributed by atoms with Crippen LogP contribution in [0.15, 0.2) is 4.99 Å². The highest BCUT2D eigenvalue weighted by Crippen LogP contribution is 2.14. The predicted octanol–water partition coefficient (Wildman–Crippen LogP) is 8.00. The molecule has 0 bridgehead atoms. The van der Waals surface area contributed by atoms with Crippen molar-refractivity contribution in [2.75, 3.05) is 19.5 Å². The number of carbonyl (C=O) groups is 1. The molecule has 5 heteroatoms. The largest absolute Gasteiger partial charge is 0.473 e. The summed E-state index contributed by atoms with van der Waals surface area (Å²) >= 11 is 1.36. The van der Waals surface area contributed by atoms with Crippen molar-refractivity contribution in [3.8, 4) is 0 Å². The van der Waals surface area contributed by atoms with Gasteiger partial charge in [-0.3, -0.25) is 0 Å². The van der Waals surface area contributed by atoms with Gasteiger partial charge in [0.25, 0.3) is 5.23 Å². The zero-order valence-electron chi connectivity index (χ0n) is 19.0. The third-order valence-corrected chi connectivity index (χ3v) is 5.62. The topological polar surface area (TPSA) is 47.9 Å². The van der Waals surface area contributed by atoms with Gasteiger partial charge in [-0.1, -0.05) is 110 Å². The zero-order valence-corrected chi connectivity index (χ0v) is 19.8. The third kappa shape index (κ3) is 17.4. The Balaban J connectivity index is 3.78. The van der Waals surface area contributed by atoms with E-state index in [-0.39, 0.29) is 0 Å². The van der Waals surface area contributed by atoms with E-state index in [4.69, 9.17) is 9.47 Å². The van der Waals surface area contributed by atoms with E-state index in [9.17, 15) is 4.79 Å². The first-order valence-corrected chi connectivity index (χ1v) is 12.8. The molecule has 0 fully saturated rings. The lowest BCUT2D eigenvalue weighted by molar-refractivity contribution is 0.131. The number of aliphatic imine (C=N–C) groups is 1. The Morgan fingerprint density at radius 1 is 0.821 bits per heavy atom. The van der Waals surface area contributed by atoms with Gasteiger partial charge < -0.3 is 9.47 Å². The number of thioether (sulfide) groups is 1. The molecular weight excluding hydrogens is 370 g/mol. The first-order chi connectivity index (χ1) is 13.7. The van der Waals surface area contributed by atoms with Gasteiger partial charge in [0, 0.05) is 0 Å². The molecule has 1 unspecified atom stereocenters. The number of amides is 1. The smallest absolute Gasteiger partial charge is 0.437 e. The van der Waals surface area contributed by atoms with Crippen LogP contribution in [0.25, 0.3) is 0 Å². The molecule has 0 saturated carbocycles. The van der Waals surface area contributed by atoms with E-state index in [0.29, 0.717) is 24.4 Å². The second kappa shape index (κ2) is 21.0. The Labute approximate surface area is 178 Å². The van der Waals surface area contributed by atoms with Crippen molar-refractivity contribution in [1.29, 1.82) is 0 Å². The predicted molar refractivity (Wildman–Crippen MR) is 123 cm³/mol. The summed E-state index contributed by atoms with van der Waals surface area (Å²) in [5.74, 6) is 0.435. The second-order valence-corrected chi connectivity index (χ2v) is 8.36. The number of ether oxygens (including phenoxy) is 2. The molecule has 28 heavy (non-hydrogen) atoms. The van der Waals surface area contributed by atoms with Gasteiger partial charge in [0.15, 0.2) is 0 Å². The van der Waals surface area contributed by atoms with Gasteiger partial charge in [0.05, 0.1) is 13.2 Å². The monoisotopic (exact) mass is 415 g/mol. The van der Waals surface area contributed by atoms with Crippen molar-refractivity contribution in [3.05, 3.63) is 0 Å². The van der Waals surface area contributed by atoms with E-state index in [2.05, 4.69) is 25.8 Å². The van der Waals surface area contributed by atoms with E-state index in [1.54, 1.807) is 0 Å². The quantitative estimate of drug-likeness (QED) is 0.137. The Bertz CT molecular complexity index is 388. The van der Waals surface area contributed by atoms with Crippen molar-refractivity contribution in [2.24, 2.45) is 10.9 Å². The average Bonchev–Trinajstić information content (AvgIpc) is 2.71. The van der Waals surface area contributed by atoms with Gasteiger partial charge in [-0.2, -0.15) is 0 Å². The summed E-state index contributed by atoms with van der Waals surface area (Å²) in [7, 11) is 0. The summed E-state index contributed by atoms with van der Waals surface area (Å²) in [6.07, 6.45) is 18.8. The van der Waals surface area contributed by atoms with Gasteiger partial charge in [-0.25, -0.2) is 4.79 Å². The number of hydrogen-bond donors (Lipinski definition) is 0.